The third kappa shape index (κ3) is 30.0. The second-order valence-electron chi connectivity index (χ2n) is 24.2. The van der Waals surface area contributed by atoms with Crippen LogP contribution in [0.25, 0.3) is 0 Å². The van der Waals surface area contributed by atoms with E-state index in [0.29, 0.717) is 29.8 Å². The van der Waals surface area contributed by atoms with Crippen LogP contribution in [0.2, 0.25) is 0 Å². The van der Waals surface area contributed by atoms with Gasteiger partial charge in [0.2, 0.25) is 0 Å². The summed E-state index contributed by atoms with van der Waals surface area (Å²) in [6, 6.07) is 0. The van der Waals surface area contributed by atoms with Gasteiger partial charge in [0.25, 0.3) is 0 Å². The Hall–Kier alpha value is -3.84. The van der Waals surface area contributed by atoms with E-state index in [2.05, 4.69) is 47.7 Å². The summed E-state index contributed by atoms with van der Waals surface area (Å²) in [6.07, 6.45) is 47.2. The number of allylic oxidation sites excluding steroid dienone is 4. The van der Waals surface area contributed by atoms with Crippen LogP contribution in [0.3, 0.4) is 0 Å². The lowest BCUT2D eigenvalue weighted by molar-refractivity contribution is -0.510. The molecule has 2 N–H and O–H groups in total. The molecular formula is C68H121N5O8+2. The first-order chi connectivity index (χ1) is 39.4. The molecule has 5 aliphatic heterocycles. The van der Waals surface area contributed by atoms with E-state index < -0.39 is 0 Å². The van der Waals surface area contributed by atoms with Crippen molar-refractivity contribution < 1.29 is 47.6 Å². The average molecular weight is 1140 g/mol. The van der Waals surface area contributed by atoms with E-state index in [9.17, 15) is 19.2 Å². The van der Waals surface area contributed by atoms with E-state index in [1.807, 2.05) is 20.8 Å². The van der Waals surface area contributed by atoms with Crippen LogP contribution < -0.4 is 5.32 Å². The van der Waals surface area contributed by atoms with Crippen molar-refractivity contribution in [3.63, 3.8) is 0 Å². The number of ketones is 1. The maximum atomic E-state index is 11.8. The Bertz CT molecular complexity index is 1840. The summed E-state index contributed by atoms with van der Waals surface area (Å²) in [7, 11) is 2.82. The molecule has 0 aromatic heterocycles. The van der Waals surface area contributed by atoms with Gasteiger partial charge in [-0.2, -0.15) is 0 Å². The minimum absolute atomic E-state index is 0.0196. The number of hydrogen-bond acceptors (Lipinski definition) is 11. The predicted octanol–water partition coefficient (Wildman–Crippen LogP) is 13.3. The first-order valence-corrected chi connectivity index (χ1v) is 33.3. The fourth-order valence-corrected chi connectivity index (χ4v) is 13.0. The van der Waals surface area contributed by atoms with E-state index in [1.54, 1.807) is 36.7 Å². The van der Waals surface area contributed by atoms with Gasteiger partial charge in [0.1, 0.15) is 32.0 Å². The van der Waals surface area contributed by atoms with E-state index in [4.69, 9.17) is 14.6 Å². The Morgan fingerprint density at radius 3 is 1.30 bits per heavy atom. The number of Topliss-reactive ketones (excluding diaryl/α,β-unsaturated/α-hetero) is 1. The monoisotopic (exact) mass is 1140 g/mol. The van der Waals surface area contributed by atoms with Crippen LogP contribution in [-0.2, 0) is 33.4 Å². The highest BCUT2D eigenvalue weighted by molar-refractivity contribution is 5.87. The molecule has 0 aromatic rings. The molecule has 0 amide bonds. The molecule has 5 aliphatic carbocycles. The van der Waals surface area contributed by atoms with Crippen molar-refractivity contribution >= 4 is 35.1 Å². The van der Waals surface area contributed by atoms with Crippen LogP contribution in [-0.4, -0.2) is 152 Å². The Kier molecular flexibility index (Phi) is 39.4. The number of carbonyl (C=O) groups is 4. The molecule has 8 fully saturated rings. The van der Waals surface area contributed by atoms with Crippen molar-refractivity contribution in [3.8, 4) is 0 Å². The van der Waals surface area contributed by atoms with E-state index in [1.165, 1.54) is 253 Å². The number of aliphatic hydroxyl groups is 1. The standard InChI is InChI=1S/C16H28NO2.C15H26NO2.2C10H17N.C6H10O.C5H8O2.C4H9N.C2H6O/c1-3-19-16(18)13(2)12-14-8-4-5-9-15(14)17-10-6-7-11-17;1-12(15(17)18-2)11-13-7-3-4-8-14(13)16-9-5-6-10-16;2*1-2-6-10(7-3-1)11-8-4-5-9-11;7-6-4-2-1-3-5-6;1-4(2)5(6)7-3;1-2-4-5-3-1;1-2-3/h13-14H,3-12H2,1-2H3;12-13H,3-11H2,1-2H3;2*6H,1-5,7-9H2;1-5H2;1H2,2-3H3;5H,1-4H2;3H,2H2,1H3/q2*+1;;;;;;. The summed E-state index contributed by atoms with van der Waals surface area (Å²) >= 11 is 0. The second-order valence-corrected chi connectivity index (χ2v) is 24.2. The summed E-state index contributed by atoms with van der Waals surface area (Å²) < 4.78 is 19.5. The predicted molar refractivity (Wildman–Crippen MR) is 333 cm³/mol. The Morgan fingerprint density at radius 1 is 0.580 bits per heavy atom. The normalized spacial score (nSPS) is 23.0. The third-order valence-electron chi connectivity index (χ3n) is 17.5. The number of nitrogens with zero attached hydrogens (tertiary/aromatic N) is 4. The molecule has 5 saturated heterocycles. The maximum absolute atomic E-state index is 11.8. The molecule has 3 saturated carbocycles. The van der Waals surface area contributed by atoms with Crippen LogP contribution >= 0.6 is 0 Å². The van der Waals surface area contributed by atoms with E-state index >= 15 is 0 Å². The zero-order valence-corrected chi connectivity index (χ0v) is 53.1. The molecule has 464 valence electrons. The molecule has 4 unspecified atom stereocenters. The third-order valence-corrected chi connectivity index (χ3v) is 17.5. The molecule has 13 heteroatoms. The molecule has 0 spiro atoms. The zero-order valence-electron chi connectivity index (χ0n) is 53.1. The number of esters is 3. The molecule has 4 atom stereocenters. The van der Waals surface area contributed by atoms with Crippen LogP contribution in [0, 0.1) is 23.7 Å². The lowest BCUT2D eigenvalue weighted by atomic mass is 9.81. The van der Waals surface area contributed by atoms with E-state index in [0.717, 1.165) is 38.5 Å². The van der Waals surface area contributed by atoms with E-state index in [-0.39, 0.29) is 36.4 Å². The highest BCUT2D eigenvalue weighted by atomic mass is 16.5. The molecule has 13 nitrogen and oxygen atoms in total. The van der Waals surface area contributed by atoms with Crippen LogP contribution in [0.15, 0.2) is 35.7 Å². The minimum atomic E-state index is -0.347. The average Bonchev–Trinajstić information content (AvgIpc) is 4.40. The van der Waals surface area contributed by atoms with Gasteiger partial charge in [-0.05, 0) is 175 Å². The lowest BCUT2D eigenvalue weighted by Crippen LogP contribution is -2.32. The van der Waals surface area contributed by atoms with Crippen LogP contribution in [0.4, 0.5) is 0 Å². The van der Waals surface area contributed by atoms with Gasteiger partial charge in [-0.25, -0.2) is 13.9 Å². The Morgan fingerprint density at radius 2 is 0.988 bits per heavy atom. The molecule has 0 radical (unpaired) electrons. The van der Waals surface area contributed by atoms with Crippen molar-refractivity contribution in [2.75, 3.05) is 92.9 Å². The Labute approximate surface area is 494 Å². The van der Waals surface area contributed by atoms with Gasteiger partial charge in [0.15, 0.2) is 11.4 Å². The molecule has 10 rings (SSSR count). The number of rotatable bonds is 10. The van der Waals surface area contributed by atoms with Crippen LogP contribution in [0.5, 0.6) is 0 Å². The minimum Gasteiger partial charge on any atom is -0.469 e. The smallest absolute Gasteiger partial charge is 0.332 e. The summed E-state index contributed by atoms with van der Waals surface area (Å²) in [4.78, 5) is 49.2. The number of aliphatic hydroxyl groups excluding tert-OH is 1. The van der Waals surface area contributed by atoms with Crippen molar-refractivity contribution in [2.24, 2.45) is 23.7 Å². The van der Waals surface area contributed by atoms with Gasteiger partial charge < -0.3 is 34.4 Å². The van der Waals surface area contributed by atoms with Crippen molar-refractivity contribution in [2.45, 2.75) is 247 Å². The number of nitrogens with one attached hydrogen (secondary N) is 1. The van der Waals surface area contributed by atoms with Gasteiger partial charge in [0, 0.05) is 113 Å². The molecular weight excluding hydrogens is 1010 g/mol. The number of hydrogen-bond donors (Lipinski definition) is 2. The number of ether oxygens (including phenoxy) is 3. The van der Waals surface area contributed by atoms with Gasteiger partial charge in [0.05, 0.1) is 32.7 Å². The molecule has 5 heterocycles. The highest BCUT2D eigenvalue weighted by Crippen LogP contribution is 2.31. The summed E-state index contributed by atoms with van der Waals surface area (Å²) in [5.41, 5.74) is 7.00. The quantitative estimate of drug-likeness (QED) is 0.0935. The van der Waals surface area contributed by atoms with Gasteiger partial charge in [-0.15, -0.1) is 0 Å². The highest BCUT2D eigenvalue weighted by Gasteiger charge is 2.34. The zero-order chi connectivity index (χ0) is 58.9. The van der Waals surface area contributed by atoms with Crippen molar-refractivity contribution in [1.82, 2.24) is 15.1 Å². The summed E-state index contributed by atoms with van der Waals surface area (Å²) in [5, 5.41) is 10.8. The van der Waals surface area contributed by atoms with Gasteiger partial charge >= 0.3 is 17.9 Å². The van der Waals surface area contributed by atoms with Crippen molar-refractivity contribution in [3.05, 3.63) is 35.7 Å². The SMILES string of the molecule is C1=C(N2CCCC2)CCCC1.C1=C(N2CCCC2)CCCC1.C1CCNC1.C=C(C)C(=O)OC.CCO.CCOC(=O)C(C)CC1CCCCC1=[N+]1CCCC1.COC(=O)C(C)CC1CCCCC1=[N+]1CCCC1.O=C1CCCCC1. The number of carbonyl (C=O) groups excluding carboxylic acids is 4. The molecule has 81 heavy (non-hydrogen) atoms. The summed E-state index contributed by atoms with van der Waals surface area (Å²) in [5.74, 6) is 1.36. The molecule has 0 bridgehead atoms. The Balaban J connectivity index is 0.000000256. The largest absolute Gasteiger partial charge is 0.469 e. The van der Waals surface area contributed by atoms with Crippen molar-refractivity contribution in [1.29, 1.82) is 0 Å². The topological polar surface area (TPSA) is 141 Å². The second kappa shape index (κ2) is 44.7. The summed E-state index contributed by atoms with van der Waals surface area (Å²) in [6.45, 7) is 26.0. The van der Waals surface area contributed by atoms with Gasteiger partial charge in [-0.3, -0.25) is 14.4 Å². The fourth-order valence-electron chi connectivity index (χ4n) is 13.0. The first-order valence-electron chi connectivity index (χ1n) is 33.3. The molecule has 10 aliphatic rings. The van der Waals surface area contributed by atoms with Gasteiger partial charge in [-0.1, -0.05) is 51.8 Å². The molecule has 0 aromatic carbocycles. The maximum Gasteiger partial charge on any atom is 0.332 e. The van der Waals surface area contributed by atoms with Crippen LogP contribution in [0.1, 0.15) is 247 Å². The fraction of sp³-hybridized carbons (Fsp3) is 0.824. The number of methoxy groups -OCH3 is 2. The number of likely N-dealkylation sites (tertiary alicyclic amines) is 2. The first kappa shape index (κ1) is 71.4. The lowest BCUT2D eigenvalue weighted by Gasteiger charge is -2.24.